The number of aliphatic carboxylic acids is 1. The Bertz CT molecular complexity index is 341. The molecule has 1 saturated heterocycles. The largest absolute Gasteiger partial charge is 0.481 e. The number of carboxylic acid groups (broad SMARTS) is 1. The van der Waals surface area contributed by atoms with Crippen LogP contribution in [0.2, 0.25) is 0 Å². The van der Waals surface area contributed by atoms with Crippen LogP contribution in [0.25, 0.3) is 0 Å². The van der Waals surface area contributed by atoms with Crippen LogP contribution >= 0.6 is 0 Å². The van der Waals surface area contributed by atoms with E-state index in [1.54, 1.807) is 13.8 Å². The van der Waals surface area contributed by atoms with Crippen LogP contribution in [0.15, 0.2) is 0 Å². The molecule has 1 fully saturated rings. The van der Waals surface area contributed by atoms with E-state index in [1.165, 1.54) is 0 Å². The summed E-state index contributed by atoms with van der Waals surface area (Å²) < 4.78 is 36.9. The second kappa shape index (κ2) is 5.16. The number of carbonyl (C=O) groups is 2. The molecule has 7 heteroatoms. The number of halogens is 3. The number of carboxylic acids is 1. The summed E-state index contributed by atoms with van der Waals surface area (Å²) in [5.41, 5.74) is 0. The van der Waals surface area contributed by atoms with E-state index in [0.717, 1.165) is 0 Å². The Labute approximate surface area is 103 Å². The molecule has 0 saturated carbocycles. The molecule has 0 unspecified atom stereocenters. The van der Waals surface area contributed by atoms with Gasteiger partial charge in [0, 0.05) is 13.1 Å². The summed E-state index contributed by atoms with van der Waals surface area (Å²) >= 11 is 0. The molecule has 1 heterocycles. The highest BCUT2D eigenvalue weighted by atomic mass is 19.4. The fourth-order valence-corrected chi connectivity index (χ4v) is 2.33. The van der Waals surface area contributed by atoms with Crippen molar-refractivity contribution in [3.05, 3.63) is 0 Å². The summed E-state index contributed by atoms with van der Waals surface area (Å²) in [4.78, 5) is 22.8. The Morgan fingerprint density at radius 1 is 1.33 bits per heavy atom. The van der Waals surface area contributed by atoms with Gasteiger partial charge in [-0.1, -0.05) is 13.8 Å². The summed E-state index contributed by atoms with van der Waals surface area (Å²) in [7, 11) is 0. The van der Waals surface area contributed by atoms with Crippen LogP contribution in [0.5, 0.6) is 0 Å². The first-order valence-electron chi connectivity index (χ1n) is 5.73. The van der Waals surface area contributed by atoms with E-state index in [9.17, 15) is 22.8 Å². The molecule has 0 aromatic heterocycles. The second-order valence-electron chi connectivity index (χ2n) is 4.89. The zero-order valence-electron chi connectivity index (χ0n) is 10.2. The van der Waals surface area contributed by atoms with Crippen molar-refractivity contribution < 1.29 is 27.9 Å². The van der Waals surface area contributed by atoms with Crippen molar-refractivity contribution >= 4 is 11.9 Å². The van der Waals surface area contributed by atoms with Gasteiger partial charge in [-0.15, -0.1) is 0 Å². The van der Waals surface area contributed by atoms with Crippen LogP contribution < -0.4 is 0 Å². The van der Waals surface area contributed by atoms with Gasteiger partial charge in [-0.05, 0) is 18.3 Å². The summed E-state index contributed by atoms with van der Waals surface area (Å²) in [5, 5.41) is 9.02. The number of hydrogen-bond donors (Lipinski definition) is 1. The van der Waals surface area contributed by atoms with Gasteiger partial charge in [0.25, 0.3) is 0 Å². The molecule has 4 nitrogen and oxygen atoms in total. The van der Waals surface area contributed by atoms with Gasteiger partial charge < -0.3 is 10.0 Å². The molecule has 0 aromatic carbocycles. The maximum absolute atomic E-state index is 12.3. The van der Waals surface area contributed by atoms with Crippen LogP contribution in [0, 0.1) is 17.8 Å². The minimum absolute atomic E-state index is 0.0694. The molecule has 1 aliphatic heterocycles. The van der Waals surface area contributed by atoms with Gasteiger partial charge in [0.1, 0.15) is 0 Å². The van der Waals surface area contributed by atoms with E-state index in [-0.39, 0.29) is 25.4 Å². The molecule has 1 aliphatic rings. The number of likely N-dealkylation sites (tertiary alicyclic amines) is 1. The first-order valence-corrected chi connectivity index (χ1v) is 5.73. The van der Waals surface area contributed by atoms with E-state index in [4.69, 9.17) is 5.11 Å². The Morgan fingerprint density at radius 3 is 2.28 bits per heavy atom. The van der Waals surface area contributed by atoms with Gasteiger partial charge in [0.05, 0.1) is 5.92 Å². The summed E-state index contributed by atoms with van der Waals surface area (Å²) in [6.07, 6.45) is -4.82. The number of piperidine rings is 1. The molecule has 1 rings (SSSR count). The van der Waals surface area contributed by atoms with Crippen LogP contribution in [0.4, 0.5) is 13.2 Å². The fraction of sp³-hybridized carbons (Fsp3) is 0.818. The summed E-state index contributed by atoms with van der Waals surface area (Å²) in [5.74, 6) is -4.09. The lowest BCUT2D eigenvalue weighted by atomic mass is 9.78. The number of nitrogens with zero attached hydrogens (tertiary/aromatic N) is 1. The Hall–Kier alpha value is -1.27. The third-order valence-electron chi connectivity index (χ3n) is 3.36. The number of carbonyl (C=O) groups excluding carboxylic acids is 1. The number of rotatable bonds is 2. The van der Waals surface area contributed by atoms with Gasteiger partial charge in [0.15, 0.2) is 0 Å². The van der Waals surface area contributed by atoms with E-state index < -0.39 is 29.9 Å². The molecule has 0 spiro atoms. The third-order valence-corrected chi connectivity index (χ3v) is 3.36. The van der Waals surface area contributed by atoms with Gasteiger partial charge >= 0.3 is 18.1 Å². The van der Waals surface area contributed by atoms with Gasteiger partial charge in [-0.3, -0.25) is 9.59 Å². The zero-order valence-corrected chi connectivity index (χ0v) is 10.2. The number of amides is 1. The Balaban J connectivity index is 2.81. The van der Waals surface area contributed by atoms with Gasteiger partial charge in [-0.2, -0.15) is 13.2 Å². The molecule has 0 aliphatic carbocycles. The van der Waals surface area contributed by atoms with Crippen molar-refractivity contribution in [1.82, 2.24) is 4.90 Å². The smallest absolute Gasteiger partial charge is 0.471 e. The topological polar surface area (TPSA) is 57.6 Å². The molecule has 104 valence electrons. The average Bonchev–Trinajstić information content (AvgIpc) is 2.25. The molecule has 1 amide bonds. The summed E-state index contributed by atoms with van der Waals surface area (Å²) in [6.45, 7) is 3.20. The number of alkyl halides is 3. The van der Waals surface area contributed by atoms with Crippen molar-refractivity contribution in [2.75, 3.05) is 13.1 Å². The van der Waals surface area contributed by atoms with Gasteiger partial charge in [-0.25, -0.2) is 0 Å². The number of hydrogen-bond acceptors (Lipinski definition) is 2. The normalized spacial score (nSPS) is 25.3. The molecule has 18 heavy (non-hydrogen) atoms. The van der Waals surface area contributed by atoms with Crippen LogP contribution in [-0.4, -0.2) is 41.1 Å². The minimum atomic E-state index is -4.89. The van der Waals surface area contributed by atoms with E-state index in [1.807, 2.05) is 0 Å². The first kappa shape index (κ1) is 14.8. The highest BCUT2D eigenvalue weighted by Gasteiger charge is 2.46. The minimum Gasteiger partial charge on any atom is -0.481 e. The standard InChI is InChI=1S/C11H16F3NO3/c1-6(2)8-5-15(10(18)11(12,13)14)4-3-7(8)9(16)17/h6-8H,3-5H2,1-2H3,(H,16,17)/t7-,8-/m0/s1. The fourth-order valence-electron chi connectivity index (χ4n) is 2.33. The SMILES string of the molecule is CC(C)[C@@H]1CN(C(=O)C(F)(F)F)CC[C@@H]1C(=O)O. The maximum Gasteiger partial charge on any atom is 0.471 e. The van der Waals surface area contributed by atoms with Crippen molar-refractivity contribution in [3.8, 4) is 0 Å². The molecular weight excluding hydrogens is 251 g/mol. The average molecular weight is 267 g/mol. The monoisotopic (exact) mass is 267 g/mol. The van der Waals surface area contributed by atoms with Crippen LogP contribution in [-0.2, 0) is 9.59 Å². The van der Waals surface area contributed by atoms with E-state index >= 15 is 0 Å². The van der Waals surface area contributed by atoms with Crippen molar-refractivity contribution in [1.29, 1.82) is 0 Å². The Morgan fingerprint density at radius 2 is 1.89 bits per heavy atom. The van der Waals surface area contributed by atoms with Crippen LogP contribution in [0.1, 0.15) is 20.3 Å². The summed E-state index contributed by atoms with van der Waals surface area (Å²) in [6, 6.07) is 0. The maximum atomic E-state index is 12.3. The predicted octanol–water partition coefficient (Wildman–Crippen LogP) is 1.75. The molecule has 1 N–H and O–H groups in total. The lowest BCUT2D eigenvalue weighted by Crippen LogP contribution is -2.51. The molecule has 0 bridgehead atoms. The van der Waals surface area contributed by atoms with Crippen LogP contribution in [0.3, 0.4) is 0 Å². The molecule has 0 aromatic rings. The van der Waals surface area contributed by atoms with Gasteiger partial charge in [0.2, 0.25) is 0 Å². The van der Waals surface area contributed by atoms with Crippen molar-refractivity contribution in [2.24, 2.45) is 17.8 Å². The lowest BCUT2D eigenvalue weighted by molar-refractivity contribution is -0.189. The van der Waals surface area contributed by atoms with E-state index in [2.05, 4.69) is 0 Å². The quantitative estimate of drug-likeness (QED) is 0.829. The highest BCUT2D eigenvalue weighted by molar-refractivity contribution is 5.82. The highest BCUT2D eigenvalue weighted by Crippen LogP contribution is 2.31. The zero-order chi connectivity index (χ0) is 14.1. The third kappa shape index (κ3) is 3.14. The van der Waals surface area contributed by atoms with Crippen molar-refractivity contribution in [2.45, 2.75) is 26.4 Å². The van der Waals surface area contributed by atoms with Crippen molar-refractivity contribution in [3.63, 3.8) is 0 Å². The molecule has 0 radical (unpaired) electrons. The first-order chi connectivity index (χ1) is 8.14. The van der Waals surface area contributed by atoms with E-state index in [0.29, 0.717) is 4.90 Å². The lowest BCUT2D eigenvalue weighted by Gasteiger charge is -2.38. The molecular formula is C11H16F3NO3. The predicted molar refractivity (Wildman–Crippen MR) is 56.7 cm³/mol. The second-order valence-corrected chi connectivity index (χ2v) is 4.89. The Kier molecular flexibility index (Phi) is 4.24. The molecule has 2 atom stereocenters.